The van der Waals surface area contributed by atoms with Crippen LogP contribution in [0.5, 0.6) is 0 Å². The molecule has 1 amide bonds. The van der Waals surface area contributed by atoms with E-state index < -0.39 is 10.0 Å². The highest BCUT2D eigenvalue weighted by Gasteiger charge is 2.09. The average Bonchev–Trinajstić information content (AvgIpc) is 2.40. The molecule has 8 heteroatoms. The Labute approximate surface area is 122 Å². The Bertz CT molecular complexity index is 740. The van der Waals surface area contributed by atoms with Crippen LogP contribution in [0.1, 0.15) is 21.7 Å². The molecule has 0 aliphatic carbocycles. The Morgan fingerprint density at radius 2 is 1.86 bits per heavy atom. The van der Waals surface area contributed by atoms with E-state index in [1.165, 1.54) is 12.4 Å². The van der Waals surface area contributed by atoms with Crippen LogP contribution in [0.4, 0.5) is 5.69 Å². The van der Waals surface area contributed by atoms with Gasteiger partial charge >= 0.3 is 0 Å². The summed E-state index contributed by atoms with van der Waals surface area (Å²) in [6, 6.07) is 6.36. The molecule has 0 spiro atoms. The van der Waals surface area contributed by atoms with Crippen molar-refractivity contribution in [3.8, 4) is 0 Å². The summed E-state index contributed by atoms with van der Waals surface area (Å²) in [4.78, 5) is 19.9. The lowest BCUT2D eigenvalue weighted by molar-refractivity contribution is 0.102. The van der Waals surface area contributed by atoms with Crippen LogP contribution in [-0.4, -0.2) is 24.3 Å². The highest BCUT2D eigenvalue weighted by Crippen LogP contribution is 2.12. The molecule has 2 rings (SSSR count). The van der Waals surface area contributed by atoms with Gasteiger partial charge in [-0.2, -0.15) is 0 Å². The van der Waals surface area contributed by atoms with Crippen LogP contribution in [0.3, 0.4) is 0 Å². The van der Waals surface area contributed by atoms with E-state index in [2.05, 4.69) is 15.3 Å². The van der Waals surface area contributed by atoms with Gasteiger partial charge in [-0.3, -0.25) is 9.78 Å². The van der Waals surface area contributed by atoms with Gasteiger partial charge in [0.1, 0.15) is 5.69 Å². The molecule has 3 N–H and O–H groups in total. The third-order valence-electron chi connectivity index (χ3n) is 2.59. The number of benzene rings is 1. The normalized spacial score (nSPS) is 11.1. The number of nitrogens with zero attached hydrogens (tertiary/aromatic N) is 2. The van der Waals surface area contributed by atoms with E-state index in [0.717, 1.165) is 5.69 Å². The number of primary sulfonamides is 1. The molecular weight excluding hydrogens is 292 g/mol. The molecule has 110 valence electrons. The van der Waals surface area contributed by atoms with Crippen molar-refractivity contribution < 1.29 is 13.2 Å². The molecule has 0 fully saturated rings. The van der Waals surface area contributed by atoms with E-state index in [9.17, 15) is 13.2 Å². The zero-order chi connectivity index (χ0) is 15.5. The molecule has 1 aromatic heterocycles. The van der Waals surface area contributed by atoms with Crippen molar-refractivity contribution >= 4 is 21.6 Å². The largest absolute Gasteiger partial charge is 0.321 e. The van der Waals surface area contributed by atoms with Crippen LogP contribution < -0.4 is 10.5 Å². The minimum absolute atomic E-state index is 0.203. The maximum absolute atomic E-state index is 11.9. The summed E-state index contributed by atoms with van der Waals surface area (Å²) in [5.74, 6) is -0.633. The number of rotatable bonds is 4. The van der Waals surface area contributed by atoms with Gasteiger partial charge in [-0.1, -0.05) is 12.1 Å². The molecule has 0 saturated heterocycles. The number of carbonyl (C=O) groups excluding carboxylic acids is 1. The second-order valence-corrected chi connectivity index (χ2v) is 6.12. The summed E-state index contributed by atoms with van der Waals surface area (Å²) in [6.07, 6.45) is 2.89. The van der Waals surface area contributed by atoms with E-state index in [4.69, 9.17) is 5.14 Å². The van der Waals surface area contributed by atoms with Gasteiger partial charge in [-0.25, -0.2) is 18.5 Å². The van der Waals surface area contributed by atoms with Crippen molar-refractivity contribution in [1.82, 2.24) is 9.97 Å². The summed E-state index contributed by atoms with van der Waals surface area (Å²) in [7, 11) is -3.57. The summed E-state index contributed by atoms with van der Waals surface area (Å²) in [5.41, 5.74) is 2.00. The van der Waals surface area contributed by atoms with Crippen molar-refractivity contribution in [3.63, 3.8) is 0 Å². The summed E-state index contributed by atoms with van der Waals surface area (Å²) >= 11 is 0. The highest BCUT2D eigenvalue weighted by atomic mass is 32.2. The SMILES string of the molecule is Cc1cnc(C(=O)Nc2ccc(CS(N)(=O)=O)cc2)cn1. The molecule has 0 saturated carbocycles. The highest BCUT2D eigenvalue weighted by molar-refractivity contribution is 7.88. The molecule has 7 nitrogen and oxygen atoms in total. The number of nitrogens with one attached hydrogen (secondary N) is 1. The number of anilines is 1. The zero-order valence-electron chi connectivity index (χ0n) is 11.3. The van der Waals surface area contributed by atoms with Crippen LogP contribution in [-0.2, 0) is 15.8 Å². The van der Waals surface area contributed by atoms with E-state index >= 15 is 0 Å². The Morgan fingerprint density at radius 3 is 2.38 bits per heavy atom. The zero-order valence-corrected chi connectivity index (χ0v) is 12.1. The van der Waals surface area contributed by atoms with E-state index in [-0.39, 0.29) is 17.4 Å². The quantitative estimate of drug-likeness (QED) is 0.868. The summed E-state index contributed by atoms with van der Waals surface area (Å²) in [6.45, 7) is 1.78. The van der Waals surface area contributed by atoms with Crippen LogP contribution >= 0.6 is 0 Å². The minimum Gasteiger partial charge on any atom is -0.321 e. The second kappa shape index (κ2) is 5.98. The van der Waals surface area contributed by atoms with E-state index in [1.54, 1.807) is 31.2 Å². The molecule has 1 heterocycles. The number of aryl methyl sites for hydroxylation is 1. The standard InChI is InChI=1S/C13H14N4O3S/c1-9-6-16-12(7-15-9)13(18)17-11-4-2-10(3-5-11)8-21(14,19)20/h2-7H,8H2,1H3,(H,17,18)(H2,14,19,20). The molecule has 2 aromatic rings. The third kappa shape index (κ3) is 4.62. The number of amides is 1. The first kappa shape index (κ1) is 15.1. The van der Waals surface area contributed by atoms with Crippen molar-refractivity contribution in [3.05, 3.63) is 53.6 Å². The fourth-order valence-corrected chi connectivity index (χ4v) is 2.28. The van der Waals surface area contributed by atoms with Crippen LogP contribution in [0.2, 0.25) is 0 Å². The lowest BCUT2D eigenvalue weighted by Crippen LogP contribution is -2.15. The number of hydrogen-bond donors (Lipinski definition) is 2. The van der Waals surface area contributed by atoms with Gasteiger partial charge < -0.3 is 5.32 Å². The first-order chi connectivity index (χ1) is 9.83. The summed E-state index contributed by atoms with van der Waals surface area (Å²) in [5, 5.41) is 7.61. The Kier molecular flexibility index (Phi) is 4.29. The fraction of sp³-hybridized carbons (Fsp3) is 0.154. The van der Waals surface area contributed by atoms with Crippen molar-refractivity contribution in [1.29, 1.82) is 0 Å². The molecule has 1 aromatic carbocycles. The Hall–Kier alpha value is -2.32. The maximum atomic E-state index is 11.9. The van der Waals surface area contributed by atoms with Crippen LogP contribution in [0.25, 0.3) is 0 Å². The third-order valence-corrected chi connectivity index (χ3v) is 3.33. The fourth-order valence-electron chi connectivity index (χ4n) is 1.62. The van der Waals surface area contributed by atoms with E-state index in [1.807, 2.05) is 0 Å². The predicted octanol–water partition coefficient (Wildman–Crippen LogP) is 0.826. The Balaban J connectivity index is 2.06. The first-order valence-corrected chi connectivity index (χ1v) is 7.74. The maximum Gasteiger partial charge on any atom is 0.275 e. The van der Waals surface area contributed by atoms with Gasteiger partial charge in [-0.15, -0.1) is 0 Å². The topological polar surface area (TPSA) is 115 Å². The van der Waals surface area contributed by atoms with Crippen molar-refractivity contribution in [2.24, 2.45) is 5.14 Å². The lowest BCUT2D eigenvalue weighted by atomic mass is 10.2. The van der Waals surface area contributed by atoms with Crippen molar-refractivity contribution in [2.75, 3.05) is 5.32 Å². The molecular formula is C13H14N4O3S. The summed E-state index contributed by atoms with van der Waals surface area (Å²) < 4.78 is 21.9. The molecule has 0 atom stereocenters. The number of carbonyl (C=O) groups is 1. The van der Waals surface area contributed by atoms with Crippen molar-refractivity contribution in [2.45, 2.75) is 12.7 Å². The van der Waals surface area contributed by atoms with Crippen LogP contribution in [0, 0.1) is 6.92 Å². The van der Waals surface area contributed by atoms with Gasteiger partial charge in [0.25, 0.3) is 5.91 Å². The molecule has 0 unspecified atom stereocenters. The van der Waals surface area contributed by atoms with Crippen LogP contribution in [0.15, 0.2) is 36.7 Å². The molecule has 21 heavy (non-hydrogen) atoms. The first-order valence-electron chi connectivity index (χ1n) is 6.03. The van der Waals surface area contributed by atoms with E-state index in [0.29, 0.717) is 11.3 Å². The monoisotopic (exact) mass is 306 g/mol. The molecule has 0 aliphatic heterocycles. The van der Waals surface area contributed by atoms with Gasteiger partial charge in [0.15, 0.2) is 0 Å². The number of aromatic nitrogens is 2. The number of sulfonamides is 1. The molecule has 0 aliphatic rings. The molecule has 0 bridgehead atoms. The average molecular weight is 306 g/mol. The van der Waals surface area contributed by atoms with Gasteiger partial charge in [0.05, 0.1) is 17.6 Å². The minimum atomic E-state index is -3.57. The number of nitrogens with two attached hydrogens (primary N) is 1. The van der Waals surface area contributed by atoms with Gasteiger partial charge in [0.2, 0.25) is 10.0 Å². The van der Waals surface area contributed by atoms with Gasteiger partial charge in [0, 0.05) is 11.9 Å². The lowest BCUT2D eigenvalue weighted by Gasteiger charge is -2.06. The number of hydrogen-bond acceptors (Lipinski definition) is 5. The van der Waals surface area contributed by atoms with Gasteiger partial charge in [-0.05, 0) is 24.6 Å². The Morgan fingerprint density at radius 1 is 1.19 bits per heavy atom. The predicted molar refractivity (Wildman–Crippen MR) is 78.0 cm³/mol. The smallest absolute Gasteiger partial charge is 0.275 e. The second-order valence-electron chi connectivity index (χ2n) is 4.50. The molecule has 0 radical (unpaired) electrons.